The highest BCUT2D eigenvalue weighted by atomic mass is 16.5. The van der Waals surface area contributed by atoms with Gasteiger partial charge in [-0.25, -0.2) is 9.59 Å². The number of carbonyl (C=O) groups is 2. The van der Waals surface area contributed by atoms with Crippen molar-refractivity contribution in [3.63, 3.8) is 0 Å². The van der Waals surface area contributed by atoms with E-state index in [0.717, 1.165) is 77.0 Å². The second kappa shape index (κ2) is 21.9. The maximum absolute atomic E-state index is 13.3. The zero-order valence-corrected chi connectivity index (χ0v) is 23.5. The van der Waals surface area contributed by atoms with Gasteiger partial charge in [0.25, 0.3) is 0 Å². The molecule has 0 N–H and O–H groups in total. The summed E-state index contributed by atoms with van der Waals surface area (Å²) in [6.45, 7) is 7.54. The highest BCUT2D eigenvalue weighted by molar-refractivity contribution is 6.00. The van der Waals surface area contributed by atoms with E-state index >= 15 is 0 Å². The van der Waals surface area contributed by atoms with Crippen molar-refractivity contribution in [3.05, 3.63) is 11.1 Å². The summed E-state index contributed by atoms with van der Waals surface area (Å²) in [7, 11) is 0. The molecule has 0 radical (unpaired) electrons. The van der Waals surface area contributed by atoms with Gasteiger partial charge in [0.1, 0.15) is 0 Å². The Hall–Kier alpha value is -1.32. The molecule has 1 saturated carbocycles. The number of carbonyl (C=O) groups excluding carboxylic acids is 2. The van der Waals surface area contributed by atoms with Crippen LogP contribution < -0.4 is 0 Å². The van der Waals surface area contributed by atoms with Crippen molar-refractivity contribution in [2.45, 2.75) is 156 Å². The zero-order valence-electron chi connectivity index (χ0n) is 23.5. The monoisotopic (exact) mass is 492 g/mol. The van der Waals surface area contributed by atoms with Crippen LogP contribution in [0.2, 0.25) is 0 Å². The Bertz CT molecular complexity index is 575. The number of esters is 2. The average molecular weight is 493 g/mol. The van der Waals surface area contributed by atoms with E-state index in [4.69, 9.17) is 9.47 Å². The van der Waals surface area contributed by atoms with Gasteiger partial charge in [-0.2, -0.15) is 0 Å². The van der Waals surface area contributed by atoms with E-state index < -0.39 is 0 Å². The largest absolute Gasteiger partial charge is 0.462 e. The van der Waals surface area contributed by atoms with Gasteiger partial charge in [-0.3, -0.25) is 0 Å². The Balaban J connectivity index is 2.78. The molecule has 204 valence electrons. The summed E-state index contributed by atoms with van der Waals surface area (Å²) < 4.78 is 11.5. The van der Waals surface area contributed by atoms with Crippen molar-refractivity contribution in [1.29, 1.82) is 0 Å². The van der Waals surface area contributed by atoms with Gasteiger partial charge in [0, 0.05) is 5.57 Å². The third-order valence-electron chi connectivity index (χ3n) is 7.30. The second-order valence-corrected chi connectivity index (χ2v) is 10.5. The number of ether oxygens (including phenoxy) is 2. The molecule has 0 amide bonds. The Labute approximate surface area is 217 Å². The Morgan fingerprint density at radius 3 is 1.51 bits per heavy atom. The molecule has 0 spiro atoms. The molecule has 0 aliphatic heterocycles. The molecule has 0 saturated heterocycles. The maximum Gasteiger partial charge on any atom is 0.334 e. The van der Waals surface area contributed by atoms with Crippen LogP contribution in [0.3, 0.4) is 0 Å². The summed E-state index contributed by atoms with van der Waals surface area (Å²) in [6, 6.07) is 0. The van der Waals surface area contributed by atoms with Gasteiger partial charge in [-0.1, -0.05) is 117 Å². The van der Waals surface area contributed by atoms with Crippen LogP contribution in [0.5, 0.6) is 0 Å². The lowest BCUT2D eigenvalue weighted by atomic mass is 9.90. The molecule has 35 heavy (non-hydrogen) atoms. The summed E-state index contributed by atoms with van der Waals surface area (Å²) in [6.07, 6.45) is 23.1. The molecule has 1 aliphatic rings. The van der Waals surface area contributed by atoms with Gasteiger partial charge in [-0.05, 0) is 44.4 Å². The van der Waals surface area contributed by atoms with Crippen LogP contribution in [0.1, 0.15) is 156 Å². The van der Waals surface area contributed by atoms with Crippen LogP contribution in [-0.2, 0) is 19.1 Å². The molecular weight excluding hydrogens is 436 g/mol. The van der Waals surface area contributed by atoms with Gasteiger partial charge >= 0.3 is 11.9 Å². The van der Waals surface area contributed by atoms with E-state index in [0.29, 0.717) is 30.8 Å². The van der Waals surface area contributed by atoms with Crippen molar-refractivity contribution >= 4 is 11.9 Å². The lowest BCUT2D eigenvalue weighted by molar-refractivity contribution is -0.143. The van der Waals surface area contributed by atoms with E-state index in [1.54, 1.807) is 0 Å². The maximum atomic E-state index is 13.3. The molecular formula is C31H56O4. The number of rotatable bonds is 22. The minimum atomic E-state index is -0.270. The van der Waals surface area contributed by atoms with E-state index in [1.807, 2.05) is 0 Å². The summed E-state index contributed by atoms with van der Waals surface area (Å²) in [5, 5.41) is 0. The van der Waals surface area contributed by atoms with Crippen LogP contribution in [0.4, 0.5) is 0 Å². The number of unbranched alkanes of at least 4 members (excludes halogenated alkanes) is 13. The quantitative estimate of drug-likeness (QED) is 0.0858. The third-order valence-corrected chi connectivity index (χ3v) is 7.30. The first-order valence-corrected chi connectivity index (χ1v) is 15.2. The Kier molecular flexibility index (Phi) is 19.9. The SMILES string of the molecule is CCCCCCCCOC(=O)C(CCCCCC)=C(C(=O)OCCCCCCCC)C1CCCC1. The van der Waals surface area contributed by atoms with E-state index in [1.165, 1.54) is 51.4 Å². The third kappa shape index (κ3) is 14.7. The summed E-state index contributed by atoms with van der Waals surface area (Å²) in [4.78, 5) is 26.5. The van der Waals surface area contributed by atoms with Crippen LogP contribution >= 0.6 is 0 Å². The molecule has 4 heteroatoms. The first-order valence-electron chi connectivity index (χ1n) is 15.2. The van der Waals surface area contributed by atoms with E-state index in [-0.39, 0.29) is 17.9 Å². The molecule has 1 aliphatic carbocycles. The molecule has 4 nitrogen and oxygen atoms in total. The van der Waals surface area contributed by atoms with Crippen molar-refractivity contribution in [2.75, 3.05) is 13.2 Å². The fourth-order valence-corrected chi connectivity index (χ4v) is 5.09. The average Bonchev–Trinajstić information content (AvgIpc) is 3.39. The van der Waals surface area contributed by atoms with Gasteiger partial charge in [-0.15, -0.1) is 0 Å². The standard InChI is InChI=1S/C31H56O4/c1-4-7-10-13-15-20-25-34-30(32)28(24-17-12-9-6-3)29(27-22-18-19-23-27)31(33)35-26-21-16-14-11-8-5-2/h27H,4-26H2,1-3H3. The topological polar surface area (TPSA) is 52.6 Å². The minimum absolute atomic E-state index is 0.148. The fraction of sp³-hybridized carbons (Fsp3) is 0.871. The van der Waals surface area contributed by atoms with Crippen molar-refractivity contribution in [1.82, 2.24) is 0 Å². The molecule has 1 fully saturated rings. The van der Waals surface area contributed by atoms with Crippen LogP contribution in [-0.4, -0.2) is 25.2 Å². The number of hydrogen-bond donors (Lipinski definition) is 0. The van der Waals surface area contributed by atoms with Gasteiger partial charge in [0.2, 0.25) is 0 Å². The predicted molar refractivity (Wildman–Crippen MR) is 146 cm³/mol. The summed E-state index contributed by atoms with van der Waals surface area (Å²) in [5.74, 6) is -0.379. The first-order chi connectivity index (χ1) is 17.2. The Morgan fingerprint density at radius 1 is 0.571 bits per heavy atom. The van der Waals surface area contributed by atoms with E-state index in [9.17, 15) is 9.59 Å². The first kappa shape index (κ1) is 31.7. The van der Waals surface area contributed by atoms with Crippen LogP contribution in [0.15, 0.2) is 11.1 Å². The molecule has 0 heterocycles. The molecule has 1 rings (SSSR count). The highest BCUT2D eigenvalue weighted by Crippen LogP contribution is 2.35. The summed E-state index contributed by atoms with van der Waals surface area (Å²) >= 11 is 0. The van der Waals surface area contributed by atoms with Gasteiger partial charge in [0.15, 0.2) is 0 Å². The highest BCUT2D eigenvalue weighted by Gasteiger charge is 2.31. The minimum Gasteiger partial charge on any atom is -0.462 e. The van der Waals surface area contributed by atoms with Crippen molar-refractivity contribution in [2.24, 2.45) is 5.92 Å². The second-order valence-electron chi connectivity index (χ2n) is 10.5. The lowest BCUT2D eigenvalue weighted by Gasteiger charge is -2.19. The molecule has 0 aromatic rings. The molecule has 0 aromatic heterocycles. The van der Waals surface area contributed by atoms with E-state index in [2.05, 4.69) is 20.8 Å². The lowest BCUT2D eigenvalue weighted by Crippen LogP contribution is -2.22. The molecule has 0 unspecified atom stereocenters. The van der Waals surface area contributed by atoms with Gasteiger partial charge in [0.05, 0.1) is 18.8 Å². The molecule has 0 atom stereocenters. The van der Waals surface area contributed by atoms with Crippen LogP contribution in [0, 0.1) is 5.92 Å². The fourth-order valence-electron chi connectivity index (χ4n) is 5.09. The Morgan fingerprint density at radius 2 is 1.00 bits per heavy atom. The summed E-state index contributed by atoms with van der Waals surface area (Å²) in [5.41, 5.74) is 1.27. The van der Waals surface area contributed by atoms with Crippen molar-refractivity contribution in [3.8, 4) is 0 Å². The van der Waals surface area contributed by atoms with Crippen LogP contribution in [0.25, 0.3) is 0 Å². The molecule has 0 bridgehead atoms. The normalized spacial score (nSPS) is 14.7. The van der Waals surface area contributed by atoms with Crippen molar-refractivity contribution < 1.29 is 19.1 Å². The molecule has 0 aromatic carbocycles. The predicted octanol–water partition coefficient (Wildman–Crippen LogP) is 9.25. The van der Waals surface area contributed by atoms with Gasteiger partial charge < -0.3 is 9.47 Å². The zero-order chi connectivity index (χ0) is 25.6. The smallest absolute Gasteiger partial charge is 0.334 e. The number of hydrogen-bond acceptors (Lipinski definition) is 4.